The molecule has 1 heterocycles. The van der Waals surface area contributed by atoms with Gasteiger partial charge >= 0.3 is 0 Å². The van der Waals surface area contributed by atoms with Crippen molar-refractivity contribution in [1.29, 1.82) is 0 Å². The van der Waals surface area contributed by atoms with Gasteiger partial charge in [-0.05, 0) is 12.0 Å². The Bertz CT molecular complexity index is 668. The van der Waals surface area contributed by atoms with Gasteiger partial charge in [-0.1, -0.05) is 96.6 Å². The first-order valence-electron chi connectivity index (χ1n) is 8.82. The summed E-state index contributed by atoms with van der Waals surface area (Å²) in [6.07, 6.45) is 2.50. The highest BCUT2D eigenvalue weighted by Crippen LogP contribution is 2.30. The Morgan fingerprint density at radius 2 is 1.50 bits per heavy atom. The van der Waals surface area contributed by atoms with Gasteiger partial charge in [0.05, 0.1) is 10.0 Å². The molecule has 0 saturated carbocycles. The predicted octanol–water partition coefficient (Wildman–Crippen LogP) is 6.22. The summed E-state index contributed by atoms with van der Waals surface area (Å²) in [6, 6.07) is 4.91. The van der Waals surface area contributed by atoms with E-state index >= 15 is 0 Å². The van der Waals surface area contributed by atoms with Crippen molar-refractivity contribution in [2.45, 2.75) is 61.3 Å². The molecule has 2 aromatic rings. The molecule has 1 aromatic carbocycles. The molecule has 0 saturated heterocycles. The van der Waals surface area contributed by atoms with Crippen LogP contribution in [0.1, 0.15) is 61.3 Å². The van der Waals surface area contributed by atoms with Crippen LogP contribution in [0.2, 0.25) is 10.0 Å². The van der Waals surface area contributed by atoms with E-state index in [4.69, 9.17) is 28.9 Å². The molecule has 3 N–H and O–H groups in total. The number of benzene rings is 1. The van der Waals surface area contributed by atoms with Crippen molar-refractivity contribution >= 4 is 29.2 Å². The number of nitrogens with two attached hydrogens (primary N) is 1. The molecular weight excluding hydrogens is 371 g/mol. The summed E-state index contributed by atoms with van der Waals surface area (Å²) in [7, 11) is 0. The maximum atomic E-state index is 11.6. The second-order valence-electron chi connectivity index (χ2n) is 6.14. The average Bonchev–Trinajstić information content (AvgIpc) is 2.52. The number of rotatable bonds is 1. The van der Waals surface area contributed by atoms with E-state index in [2.05, 4.69) is 63.6 Å². The van der Waals surface area contributed by atoms with Gasteiger partial charge in [-0.25, -0.2) is 0 Å². The fraction of sp³-hybridized carbons (Fsp3) is 0.526. The van der Waals surface area contributed by atoms with E-state index in [1.54, 1.807) is 18.2 Å². The standard InChI is InChI=1S/C9H6Cl2N4O.C4H10.2C3H8/c10-5-3-1-2-4(6(5)11)7-8(16)13-9(12)15-14-7;1-4(2)3;2*1-3-2/h1-3H,(H3,12,13,15,16);4H,1-3H3;2*3H2,1-2H3. The molecule has 7 heteroatoms. The summed E-state index contributed by atoms with van der Waals surface area (Å²) >= 11 is 11.8. The van der Waals surface area contributed by atoms with Crippen molar-refractivity contribution in [3.63, 3.8) is 0 Å². The zero-order chi connectivity index (χ0) is 20.7. The SMILES string of the molecule is CC(C)C.CCC.CCC.Nc1nnc(-c2cccc(Cl)c2Cl)c(=O)[nH]1. The van der Waals surface area contributed by atoms with Crippen LogP contribution in [-0.4, -0.2) is 15.2 Å². The number of nitrogen functional groups attached to an aromatic ring is 1. The molecule has 0 bridgehead atoms. The lowest BCUT2D eigenvalue weighted by Crippen LogP contribution is -2.15. The van der Waals surface area contributed by atoms with E-state index < -0.39 is 5.56 Å². The van der Waals surface area contributed by atoms with Crippen LogP contribution < -0.4 is 11.3 Å². The quantitative estimate of drug-likeness (QED) is 0.592. The van der Waals surface area contributed by atoms with E-state index in [0.717, 1.165) is 5.92 Å². The van der Waals surface area contributed by atoms with Crippen molar-refractivity contribution in [2.75, 3.05) is 5.73 Å². The van der Waals surface area contributed by atoms with Crippen molar-refractivity contribution in [1.82, 2.24) is 15.2 Å². The summed E-state index contributed by atoms with van der Waals surface area (Å²) in [5, 5.41) is 7.85. The number of nitrogens with one attached hydrogen (secondary N) is 1. The first-order chi connectivity index (χ1) is 12.2. The fourth-order valence-corrected chi connectivity index (χ4v) is 1.60. The summed E-state index contributed by atoms with van der Waals surface area (Å²) in [5.41, 5.74) is 5.33. The van der Waals surface area contributed by atoms with Crippen molar-refractivity contribution in [2.24, 2.45) is 5.92 Å². The van der Waals surface area contributed by atoms with E-state index in [9.17, 15) is 4.79 Å². The molecular formula is C19H32Cl2N4O. The van der Waals surface area contributed by atoms with Gasteiger partial charge in [0.2, 0.25) is 5.95 Å². The van der Waals surface area contributed by atoms with Crippen LogP contribution in [0, 0.1) is 5.92 Å². The predicted molar refractivity (Wildman–Crippen MR) is 115 cm³/mol. The lowest BCUT2D eigenvalue weighted by Gasteiger charge is -2.03. The molecule has 0 fully saturated rings. The average molecular weight is 403 g/mol. The molecule has 0 aliphatic heterocycles. The van der Waals surface area contributed by atoms with Crippen LogP contribution in [0.25, 0.3) is 11.3 Å². The third-order valence-corrected chi connectivity index (χ3v) is 2.74. The number of anilines is 1. The normalized spacial score (nSPS) is 9.15. The largest absolute Gasteiger partial charge is 0.368 e. The Labute approximate surface area is 167 Å². The lowest BCUT2D eigenvalue weighted by atomic mass is 10.1. The summed E-state index contributed by atoms with van der Waals surface area (Å²) in [4.78, 5) is 13.9. The third kappa shape index (κ3) is 11.9. The van der Waals surface area contributed by atoms with Gasteiger partial charge in [0.25, 0.3) is 5.56 Å². The Morgan fingerprint density at radius 3 is 1.92 bits per heavy atom. The molecule has 0 atom stereocenters. The second kappa shape index (κ2) is 15.6. The molecule has 0 aliphatic rings. The van der Waals surface area contributed by atoms with E-state index in [0.29, 0.717) is 10.6 Å². The van der Waals surface area contributed by atoms with Gasteiger partial charge in [-0.2, -0.15) is 0 Å². The van der Waals surface area contributed by atoms with Crippen LogP contribution in [0.3, 0.4) is 0 Å². The monoisotopic (exact) mass is 402 g/mol. The molecule has 0 amide bonds. The molecule has 0 unspecified atom stereocenters. The first-order valence-corrected chi connectivity index (χ1v) is 9.58. The molecule has 148 valence electrons. The number of aromatic nitrogens is 3. The first kappa shape index (κ1) is 26.6. The molecule has 0 spiro atoms. The van der Waals surface area contributed by atoms with Crippen LogP contribution >= 0.6 is 23.2 Å². The van der Waals surface area contributed by atoms with E-state index in [-0.39, 0.29) is 16.7 Å². The van der Waals surface area contributed by atoms with E-state index in [1.807, 2.05) is 0 Å². The van der Waals surface area contributed by atoms with Crippen LogP contribution in [0.15, 0.2) is 23.0 Å². The number of hydrogen-bond acceptors (Lipinski definition) is 4. The van der Waals surface area contributed by atoms with Gasteiger partial charge in [0.15, 0.2) is 5.69 Å². The highest BCUT2D eigenvalue weighted by molar-refractivity contribution is 6.43. The maximum Gasteiger partial charge on any atom is 0.279 e. The summed E-state index contributed by atoms with van der Waals surface area (Å²) in [6.45, 7) is 15.0. The Morgan fingerprint density at radius 1 is 1.04 bits per heavy atom. The van der Waals surface area contributed by atoms with Gasteiger partial charge < -0.3 is 5.73 Å². The van der Waals surface area contributed by atoms with Crippen molar-refractivity contribution in [3.8, 4) is 11.3 Å². The van der Waals surface area contributed by atoms with E-state index in [1.165, 1.54) is 12.8 Å². The molecule has 2 rings (SSSR count). The topological polar surface area (TPSA) is 84.7 Å². The number of aromatic amines is 1. The number of H-pyrrole nitrogens is 1. The molecule has 0 aliphatic carbocycles. The Balaban J connectivity index is 0. The lowest BCUT2D eigenvalue weighted by molar-refractivity contribution is 0.737. The Kier molecular flexibility index (Phi) is 16.0. The summed E-state index contributed by atoms with van der Waals surface area (Å²) < 4.78 is 0. The number of nitrogens with zero attached hydrogens (tertiary/aromatic N) is 2. The van der Waals surface area contributed by atoms with Crippen LogP contribution in [-0.2, 0) is 0 Å². The summed E-state index contributed by atoms with van der Waals surface area (Å²) in [5.74, 6) is 0.784. The number of hydrogen-bond donors (Lipinski definition) is 2. The smallest absolute Gasteiger partial charge is 0.279 e. The van der Waals surface area contributed by atoms with Crippen molar-refractivity contribution < 1.29 is 0 Å². The van der Waals surface area contributed by atoms with Crippen LogP contribution in [0.4, 0.5) is 5.95 Å². The minimum Gasteiger partial charge on any atom is -0.368 e. The third-order valence-electron chi connectivity index (χ3n) is 1.92. The van der Waals surface area contributed by atoms with Gasteiger partial charge in [0, 0.05) is 5.56 Å². The van der Waals surface area contributed by atoms with Crippen molar-refractivity contribution in [3.05, 3.63) is 38.6 Å². The zero-order valence-corrected chi connectivity index (χ0v) is 18.4. The molecule has 26 heavy (non-hydrogen) atoms. The zero-order valence-electron chi connectivity index (χ0n) is 16.9. The molecule has 5 nitrogen and oxygen atoms in total. The fourth-order valence-electron chi connectivity index (χ4n) is 1.21. The minimum absolute atomic E-state index is 0.0492. The van der Waals surface area contributed by atoms with Gasteiger partial charge in [-0.15, -0.1) is 10.2 Å². The number of halogens is 2. The van der Waals surface area contributed by atoms with Gasteiger partial charge in [0.1, 0.15) is 0 Å². The minimum atomic E-state index is -0.461. The Hall–Kier alpha value is -1.59. The highest BCUT2D eigenvalue weighted by atomic mass is 35.5. The second-order valence-corrected chi connectivity index (χ2v) is 6.92. The molecule has 0 radical (unpaired) electrons. The maximum absolute atomic E-state index is 11.6. The highest BCUT2D eigenvalue weighted by Gasteiger charge is 2.12. The van der Waals surface area contributed by atoms with Gasteiger partial charge in [-0.3, -0.25) is 9.78 Å². The molecule has 1 aromatic heterocycles. The van der Waals surface area contributed by atoms with Crippen LogP contribution in [0.5, 0.6) is 0 Å².